The summed E-state index contributed by atoms with van der Waals surface area (Å²) >= 11 is 0. The fourth-order valence-electron chi connectivity index (χ4n) is 2.76. The first-order valence-corrected chi connectivity index (χ1v) is 7.95. The molecule has 3 nitrogen and oxygen atoms in total. The van der Waals surface area contributed by atoms with E-state index in [9.17, 15) is 5.11 Å². The zero-order chi connectivity index (χ0) is 14.8. The van der Waals surface area contributed by atoms with Crippen molar-refractivity contribution in [3.63, 3.8) is 0 Å². The molecule has 0 amide bonds. The Morgan fingerprint density at radius 2 is 2.05 bits per heavy atom. The zero-order valence-electron chi connectivity index (χ0n) is 12.9. The van der Waals surface area contributed by atoms with Crippen LogP contribution in [0.25, 0.3) is 10.9 Å². The van der Waals surface area contributed by atoms with Crippen molar-refractivity contribution in [2.24, 2.45) is 5.92 Å². The summed E-state index contributed by atoms with van der Waals surface area (Å²) < 4.78 is 0. The number of fused-ring (bicyclic) bond motifs is 1. The second kappa shape index (κ2) is 6.02. The molecule has 1 aliphatic carbocycles. The largest absolute Gasteiger partial charge is 0.392 e. The quantitative estimate of drug-likeness (QED) is 0.878. The number of anilines is 1. The number of para-hydroxylation sites is 1. The number of hydrogen-bond acceptors (Lipinski definition) is 3. The van der Waals surface area contributed by atoms with Gasteiger partial charge in [0, 0.05) is 23.5 Å². The Kier molecular flexibility index (Phi) is 4.11. The van der Waals surface area contributed by atoms with Gasteiger partial charge in [0.2, 0.25) is 0 Å². The Bertz CT molecular complexity index is 620. The first-order valence-electron chi connectivity index (χ1n) is 7.95. The van der Waals surface area contributed by atoms with E-state index in [0.717, 1.165) is 35.2 Å². The van der Waals surface area contributed by atoms with E-state index in [4.69, 9.17) is 4.98 Å². The SMILES string of the molecule is CC(C)CCN(c1nc2ccccc2cc1CO)C1CC1. The highest BCUT2D eigenvalue weighted by atomic mass is 16.3. The van der Waals surface area contributed by atoms with E-state index in [1.165, 1.54) is 12.8 Å². The van der Waals surface area contributed by atoms with Crippen LogP contribution >= 0.6 is 0 Å². The first-order chi connectivity index (χ1) is 10.2. The molecule has 1 saturated carbocycles. The van der Waals surface area contributed by atoms with E-state index in [0.29, 0.717) is 12.0 Å². The van der Waals surface area contributed by atoms with E-state index < -0.39 is 0 Å². The van der Waals surface area contributed by atoms with Gasteiger partial charge in [-0.25, -0.2) is 4.98 Å². The highest BCUT2D eigenvalue weighted by Gasteiger charge is 2.31. The molecule has 1 N–H and O–H groups in total. The third-order valence-electron chi connectivity index (χ3n) is 4.16. The molecule has 0 radical (unpaired) electrons. The summed E-state index contributed by atoms with van der Waals surface area (Å²) in [7, 11) is 0. The topological polar surface area (TPSA) is 36.4 Å². The summed E-state index contributed by atoms with van der Waals surface area (Å²) in [6.45, 7) is 5.59. The van der Waals surface area contributed by atoms with Gasteiger partial charge in [0.25, 0.3) is 0 Å². The molecule has 1 aromatic heterocycles. The first kappa shape index (κ1) is 14.3. The summed E-state index contributed by atoms with van der Waals surface area (Å²) in [6.07, 6.45) is 3.66. The van der Waals surface area contributed by atoms with E-state index >= 15 is 0 Å². The van der Waals surface area contributed by atoms with Crippen LogP contribution in [0.15, 0.2) is 30.3 Å². The maximum Gasteiger partial charge on any atom is 0.135 e. The Morgan fingerprint density at radius 3 is 2.71 bits per heavy atom. The zero-order valence-corrected chi connectivity index (χ0v) is 12.9. The van der Waals surface area contributed by atoms with Crippen molar-refractivity contribution in [3.05, 3.63) is 35.9 Å². The minimum atomic E-state index is 0.0536. The van der Waals surface area contributed by atoms with Gasteiger partial charge in [0.1, 0.15) is 5.82 Å². The number of pyridine rings is 1. The summed E-state index contributed by atoms with van der Waals surface area (Å²) in [4.78, 5) is 7.27. The Hall–Kier alpha value is -1.61. The second-order valence-corrected chi connectivity index (χ2v) is 6.43. The summed E-state index contributed by atoms with van der Waals surface area (Å²) in [5.41, 5.74) is 1.96. The molecule has 3 heteroatoms. The smallest absolute Gasteiger partial charge is 0.135 e. The monoisotopic (exact) mass is 284 g/mol. The van der Waals surface area contributed by atoms with E-state index in [2.05, 4.69) is 30.9 Å². The van der Waals surface area contributed by atoms with Gasteiger partial charge in [-0.1, -0.05) is 32.0 Å². The molecule has 3 rings (SSSR count). The average molecular weight is 284 g/mol. The summed E-state index contributed by atoms with van der Waals surface area (Å²) in [5, 5.41) is 10.8. The minimum absolute atomic E-state index is 0.0536. The maximum absolute atomic E-state index is 9.74. The molecule has 0 unspecified atom stereocenters. The highest BCUT2D eigenvalue weighted by molar-refractivity contribution is 5.81. The van der Waals surface area contributed by atoms with Crippen molar-refractivity contribution in [2.75, 3.05) is 11.4 Å². The molecule has 21 heavy (non-hydrogen) atoms. The van der Waals surface area contributed by atoms with Gasteiger partial charge in [0.15, 0.2) is 0 Å². The van der Waals surface area contributed by atoms with Crippen molar-refractivity contribution < 1.29 is 5.11 Å². The molecule has 0 aliphatic heterocycles. The third kappa shape index (κ3) is 3.18. The van der Waals surface area contributed by atoms with E-state index in [-0.39, 0.29) is 6.61 Å². The van der Waals surface area contributed by atoms with Crippen LogP contribution in [0.4, 0.5) is 5.82 Å². The Labute approximate surface area is 126 Å². The lowest BCUT2D eigenvalue weighted by Crippen LogP contribution is -2.29. The summed E-state index contributed by atoms with van der Waals surface area (Å²) in [6, 6.07) is 10.8. The number of aromatic nitrogens is 1. The lowest BCUT2D eigenvalue weighted by molar-refractivity contribution is 0.281. The third-order valence-corrected chi connectivity index (χ3v) is 4.16. The maximum atomic E-state index is 9.74. The van der Waals surface area contributed by atoms with Gasteiger partial charge in [-0.05, 0) is 37.3 Å². The second-order valence-electron chi connectivity index (χ2n) is 6.43. The van der Waals surface area contributed by atoms with Crippen molar-refractivity contribution in [1.29, 1.82) is 0 Å². The summed E-state index contributed by atoms with van der Waals surface area (Å²) in [5.74, 6) is 1.67. The predicted molar refractivity (Wildman–Crippen MR) is 87.5 cm³/mol. The van der Waals surface area contributed by atoms with Gasteiger partial charge in [0.05, 0.1) is 12.1 Å². The molecule has 1 fully saturated rings. The van der Waals surface area contributed by atoms with Crippen LogP contribution in [0.5, 0.6) is 0 Å². The number of rotatable bonds is 6. The van der Waals surface area contributed by atoms with Crippen LogP contribution < -0.4 is 4.90 Å². The van der Waals surface area contributed by atoms with Crippen molar-refractivity contribution in [3.8, 4) is 0 Å². The predicted octanol–water partition coefficient (Wildman–Crippen LogP) is 3.74. The van der Waals surface area contributed by atoms with E-state index in [1.54, 1.807) is 0 Å². The lowest BCUT2D eigenvalue weighted by Gasteiger charge is -2.26. The average Bonchev–Trinajstić information content (AvgIpc) is 3.31. The standard InChI is InChI=1S/C18H24N2O/c1-13(2)9-10-20(16-7-8-16)18-15(12-21)11-14-5-3-4-6-17(14)19-18/h3-6,11,13,16,21H,7-10,12H2,1-2H3. The van der Waals surface area contributed by atoms with Crippen molar-refractivity contribution in [1.82, 2.24) is 4.98 Å². The fourth-order valence-corrected chi connectivity index (χ4v) is 2.76. The highest BCUT2D eigenvalue weighted by Crippen LogP contribution is 2.34. The van der Waals surface area contributed by atoms with Crippen LogP contribution in [0.2, 0.25) is 0 Å². The molecule has 1 heterocycles. The molecule has 0 bridgehead atoms. The van der Waals surface area contributed by atoms with Gasteiger partial charge in [-0.2, -0.15) is 0 Å². The van der Waals surface area contributed by atoms with Crippen molar-refractivity contribution in [2.45, 2.75) is 45.8 Å². The minimum Gasteiger partial charge on any atom is -0.392 e. The van der Waals surface area contributed by atoms with E-state index in [1.807, 2.05) is 18.2 Å². The van der Waals surface area contributed by atoms with Gasteiger partial charge < -0.3 is 10.0 Å². The molecule has 1 aromatic carbocycles. The Morgan fingerprint density at radius 1 is 1.29 bits per heavy atom. The van der Waals surface area contributed by atoms with Crippen LogP contribution in [0.3, 0.4) is 0 Å². The molecule has 0 atom stereocenters. The lowest BCUT2D eigenvalue weighted by atomic mass is 10.1. The van der Waals surface area contributed by atoms with Crippen molar-refractivity contribution >= 4 is 16.7 Å². The molecular weight excluding hydrogens is 260 g/mol. The molecular formula is C18H24N2O. The van der Waals surface area contributed by atoms with Gasteiger partial charge in [-0.15, -0.1) is 0 Å². The van der Waals surface area contributed by atoms with Crippen LogP contribution in [0, 0.1) is 5.92 Å². The van der Waals surface area contributed by atoms with Crippen LogP contribution in [-0.4, -0.2) is 22.7 Å². The number of aliphatic hydroxyl groups is 1. The molecule has 0 saturated heterocycles. The normalized spacial score (nSPS) is 14.9. The number of nitrogens with zero attached hydrogens (tertiary/aromatic N) is 2. The molecule has 112 valence electrons. The number of benzene rings is 1. The number of aliphatic hydroxyl groups excluding tert-OH is 1. The van der Waals surface area contributed by atoms with Crippen LogP contribution in [-0.2, 0) is 6.61 Å². The molecule has 0 spiro atoms. The number of hydrogen-bond donors (Lipinski definition) is 1. The van der Waals surface area contributed by atoms with Gasteiger partial charge in [-0.3, -0.25) is 0 Å². The molecule has 1 aliphatic rings. The molecule has 2 aromatic rings. The van der Waals surface area contributed by atoms with Crippen LogP contribution in [0.1, 0.15) is 38.7 Å². The fraction of sp³-hybridized carbons (Fsp3) is 0.500. The van der Waals surface area contributed by atoms with Gasteiger partial charge >= 0.3 is 0 Å². The Balaban J connectivity index is 1.98.